The van der Waals surface area contributed by atoms with Crippen molar-refractivity contribution in [3.05, 3.63) is 35.9 Å². The van der Waals surface area contributed by atoms with Crippen molar-refractivity contribution in [3.63, 3.8) is 0 Å². The highest BCUT2D eigenvalue weighted by molar-refractivity contribution is 5.16. The molecule has 2 N–H and O–H groups in total. The minimum atomic E-state index is -0.212. The molecule has 2 rings (SSSR count). The van der Waals surface area contributed by atoms with Crippen LogP contribution in [0.2, 0.25) is 0 Å². The van der Waals surface area contributed by atoms with Crippen molar-refractivity contribution < 1.29 is 9.47 Å². The van der Waals surface area contributed by atoms with Gasteiger partial charge in [-0.2, -0.15) is 0 Å². The lowest BCUT2D eigenvalue weighted by Gasteiger charge is -2.30. The molecule has 1 heterocycles. The van der Waals surface area contributed by atoms with Gasteiger partial charge in [0.1, 0.15) is 0 Å². The Hall–Kier alpha value is -0.900. The highest BCUT2D eigenvalue weighted by Crippen LogP contribution is 2.26. The van der Waals surface area contributed by atoms with Crippen molar-refractivity contribution in [2.75, 3.05) is 13.2 Å². The smallest absolute Gasteiger partial charge is 0.184 e. The van der Waals surface area contributed by atoms with E-state index < -0.39 is 0 Å². The second-order valence-electron chi connectivity index (χ2n) is 3.74. The highest BCUT2D eigenvalue weighted by atomic mass is 16.7. The van der Waals surface area contributed by atoms with Gasteiger partial charge < -0.3 is 15.2 Å². The Balaban J connectivity index is 1.98. The normalized spacial score (nSPS) is 26.5. The summed E-state index contributed by atoms with van der Waals surface area (Å²) >= 11 is 0. The third-order valence-corrected chi connectivity index (χ3v) is 2.59. The third kappa shape index (κ3) is 2.78. The molecule has 2 atom stereocenters. The van der Waals surface area contributed by atoms with Gasteiger partial charge in [0.2, 0.25) is 0 Å². The van der Waals surface area contributed by atoms with E-state index in [-0.39, 0.29) is 12.4 Å². The van der Waals surface area contributed by atoms with E-state index >= 15 is 0 Å². The van der Waals surface area contributed by atoms with Gasteiger partial charge >= 0.3 is 0 Å². The van der Waals surface area contributed by atoms with Crippen LogP contribution in [0.1, 0.15) is 24.7 Å². The van der Waals surface area contributed by atoms with Crippen LogP contribution in [0.25, 0.3) is 0 Å². The van der Waals surface area contributed by atoms with Crippen LogP contribution in [-0.4, -0.2) is 19.3 Å². The predicted octanol–water partition coefficient (Wildman–Crippen LogP) is 1.84. The Morgan fingerprint density at radius 3 is 2.80 bits per heavy atom. The quantitative estimate of drug-likeness (QED) is 0.822. The fourth-order valence-corrected chi connectivity index (χ4v) is 1.77. The van der Waals surface area contributed by atoms with Crippen LogP contribution in [0.3, 0.4) is 0 Å². The summed E-state index contributed by atoms with van der Waals surface area (Å²) in [5.74, 6) is 0. The minimum absolute atomic E-state index is 0.212. The molecule has 1 aliphatic rings. The zero-order valence-corrected chi connectivity index (χ0v) is 8.76. The van der Waals surface area contributed by atoms with Gasteiger partial charge in [-0.1, -0.05) is 30.3 Å². The lowest BCUT2D eigenvalue weighted by atomic mass is 10.1. The zero-order chi connectivity index (χ0) is 10.5. The molecule has 0 bridgehead atoms. The minimum Gasteiger partial charge on any atom is -0.348 e. The molecule has 0 radical (unpaired) electrons. The van der Waals surface area contributed by atoms with Crippen molar-refractivity contribution in [2.24, 2.45) is 5.73 Å². The molecule has 1 fully saturated rings. The first-order chi connectivity index (χ1) is 7.40. The van der Waals surface area contributed by atoms with E-state index in [4.69, 9.17) is 15.2 Å². The SMILES string of the molecule is NCCC1CCOC(c2ccccc2)O1. The van der Waals surface area contributed by atoms with E-state index in [1.165, 1.54) is 0 Å². The van der Waals surface area contributed by atoms with Crippen LogP contribution in [0, 0.1) is 0 Å². The fourth-order valence-electron chi connectivity index (χ4n) is 1.77. The molecule has 0 aliphatic carbocycles. The molecule has 1 aromatic carbocycles. The molecular weight excluding hydrogens is 190 g/mol. The molecule has 82 valence electrons. The maximum atomic E-state index is 5.81. The van der Waals surface area contributed by atoms with Crippen LogP contribution in [-0.2, 0) is 9.47 Å². The summed E-state index contributed by atoms with van der Waals surface area (Å²) < 4.78 is 11.4. The number of hydrogen-bond donors (Lipinski definition) is 1. The van der Waals surface area contributed by atoms with Gasteiger partial charge in [0.05, 0.1) is 12.7 Å². The van der Waals surface area contributed by atoms with Gasteiger partial charge in [0.15, 0.2) is 6.29 Å². The molecule has 1 aliphatic heterocycles. The number of hydrogen-bond acceptors (Lipinski definition) is 3. The summed E-state index contributed by atoms with van der Waals surface area (Å²) in [7, 11) is 0. The van der Waals surface area contributed by atoms with E-state index in [1.807, 2.05) is 30.3 Å². The Labute approximate surface area is 90.2 Å². The largest absolute Gasteiger partial charge is 0.348 e. The summed E-state index contributed by atoms with van der Waals surface area (Å²) in [5, 5.41) is 0. The molecule has 3 heteroatoms. The van der Waals surface area contributed by atoms with Crippen molar-refractivity contribution in [2.45, 2.75) is 25.2 Å². The van der Waals surface area contributed by atoms with E-state index in [0.717, 1.165) is 25.0 Å². The van der Waals surface area contributed by atoms with Crippen molar-refractivity contribution >= 4 is 0 Å². The zero-order valence-electron chi connectivity index (χ0n) is 8.76. The number of nitrogens with two attached hydrogens (primary N) is 1. The van der Waals surface area contributed by atoms with Crippen LogP contribution in [0.15, 0.2) is 30.3 Å². The van der Waals surface area contributed by atoms with Gasteiger partial charge in [0.25, 0.3) is 0 Å². The molecule has 1 aromatic rings. The molecule has 15 heavy (non-hydrogen) atoms. The molecule has 2 unspecified atom stereocenters. The second-order valence-corrected chi connectivity index (χ2v) is 3.74. The van der Waals surface area contributed by atoms with Crippen LogP contribution < -0.4 is 5.73 Å². The van der Waals surface area contributed by atoms with Crippen molar-refractivity contribution in [1.29, 1.82) is 0 Å². The topological polar surface area (TPSA) is 44.5 Å². The number of ether oxygens (including phenoxy) is 2. The van der Waals surface area contributed by atoms with Crippen LogP contribution in [0.4, 0.5) is 0 Å². The Kier molecular flexibility index (Phi) is 3.72. The lowest BCUT2D eigenvalue weighted by molar-refractivity contribution is -0.217. The highest BCUT2D eigenvalue weighted by Gasteiger charge is 2.23. The maximum Gasteiger partial charge on any atom is 0.184 e. The fraction of sp³-hybridized carbons (Fsp3) is 0.500. The maximum absolute atomic E-state index is 5.81. The van der Waals surface area contributed by atoms with Crippen molar-refractivity contribution in [1.82, 2.24) is 0 Å². The summed E-state index contributed by atoms with van der Waals surface area (Å²) in [4.78, 5) is 0. The Morgan fingerprint density at radius 2 is 2.07 bits per heavy atom. The first-order valence-corrected chi connectivity index (χ1v) is 5.42. The predicted molar refractivity (Wildman–Crippen MR) is 58.3 cm³/mol. The van der Waals surface area contributed by atoms with E-state index in [1.54, 1.807) is 0 Å². The van der Waals surface area contributed by atoms with Gasteiger partial charge in [-0.25, -0.2) is 0 Å². The average Bonchev–Trinajstić information content (AvgIpc) is 2.31. The molecular formula is C12H17NO2. The molecule has 0 amide bonds. The van der Waals surface area contributed by atoms with E-state index in [2.05, 4.69) is 0 Å². The number of rotatable bonds is 3. The van der Waals surface area contributed by atoms with E-state index in [9.17, 15) is 0 Å². The van der Waals surface area contributed by atoms with Gasteiger partial charge in [0, 0.05) is 5.56 Å². The van der Waals surface area contributed by atoms with Crippen LogP contribution in [0.5, 0.6) is 0 Å². The Morgan fingerprint density at radius 1 is 1.27 bits per heavy atom. The van der Waals surface area contributed by atoms with Crippen LogP contribution >= 0.6 is 0 Å². The summed E-state index contributed by atoms with van der Waals surface area (Å²) in [6.45, 7) is 1.43. The van der Waals surface area contributed by atoms with Gasteiger partial charge in [-0.05, 0) is 19.4 Å². The summed E-state index contributed by atoms with van der Waals surface area (Å²) in [6.07, 6.45) is 1.89. The molecule has 0 aromatic heterocycles. The summed E-state index contributed by atoms with van der Waals surface area (Å²) in [5.41, 5.74) is 6.61. The summed E-state index contributed by atoms with van der Waals surface area (Å²) in [6, 6.07) is 10.0. The molecule has 3 nitrogen and oxygen atoms in total. The lowest BCUT2D eigenvalue weighted by Crippen LogP contribution is -2.28. The van der Waals surface area contributed by atoms with Gasteiger partial charge in [-0.3, -0.25) is 0 Å². The first kappa shape index (κ1) is 10.6. The monoisotopic (exact) mass is 207 g/mol. The Bertz CT molecular complexity index is 287. The van der Waals surface area contributed by atoms with Gasteiger partial charge in [-0.15, -0.1) is 0 Å². The molecule has 0 saturated carbocycles. The van der Waals surface area contributed by atoms with Crippen molar-refractivity contribution in [3.8, 4) is 0 Å². The average molecular weight is 207 g/mol. The standard InChI is InChI=1S/C12H17NO2/c13-8-6-11-7-9-14-12(15-11)10-4-2-1-3-5-10/h1-5,11-12H,6-9,13H2. The third-order valence-electron chi connectivity index (χ3n) is 2.59. The van der Waals surface area contributed by atoms with E-state index in [0.29, 0.717) is 6.54 Å². The molecule has 1 saturated heterocycles. The second kappa shape index (κ2) is 5.26. The first-order valence-electron chi connectivity index (χ1n) is 5.42. The number of benzene rings is 1. The molecule has 0 spiro atoms.